The Morgan fingerprint density at radius 1 is 1.00 bits per heavy atom. The van der Waals surface area contributed by atoms with Gasteiger partial charge in [-0.05, 0) is 49.6 Å². The van der Waals surface area contributed by atoms with Crippen LogP contribution in [-0.4, -0.2) is 34.7 Å². The first kappa shape index (κ1) is 24.8. The van der Waals surface area contributed by atoms with Crippen LogP contribution in [-0.2, 0) is 7.05 Å². The van der Waals surface area contributed by atoms with Crippen molar-refractivity contribution in [1.82, 2.24) is 34.1 Å². The molecule has 0 fully saturated rings. The van der Waals surface area contributed by atoms with Crippen LogP contribution >= 0.6 is 0 Å². The van der Waals surface area contributed by atoms with E-state index in [4.69, 9.17) is 4.98 Å². The van der Waals surface area contributed by atoms with Crippen molar-refractivity contribution in [2.24, 2.45) is 7.05 Å². The van der Waals surface area contributed by atoms with Gasteiger partial charge >= 0.3 is 0 Å². The molecule has 0 radical (unpaired) electrons. The van der Waals surface area contributed by atoms with Gasteiger partial charge in [-0.1, -0.05) is 48.4 Å². The Kier molecular flexibility index (Phi) is 6.21. The van der Waals surface area contributed by atoms with Crippen LogP contribution in [0.15, 0.2) is 90.1 Å². The second kappa shape index (κ2) is 10.0. The number of fused-ring (bicyclic) bond motifs is 2. The first-order chi connectivity index (χ1) is 19.4. The fraction of sp³-hybridized carbons (Fsp3) is 0.129. The lowest BCUT2D eigenvalue weighted by molar-refractivity contribution is 0.0940. The largest absolute Gasteiger partial charge is 0.344 e. The van der Waals surface area contributed by atoms with E-state index in [9.17, 15) is 9.59 Å². The van der Waals surface area contributed by atoms with Gasteiger partial charge in [0, 0.05) is 19.4 Å². The number of hydrogen-bond acceptors (Lipinski definition) is 5. The molecule has 1 amide bonds. The van der Waals surface area contributed by atoms with Crippen molar-refractivity contribution in [3.63, 3.8) is 0 Å². The summed E-state index contributed by atoms with van der Waals surface area (Å²) in [5, 5.41) is 11.7. The minimum Gasteiger partial charge on any atom is -0.344 e. The lowest BCUT2D eigenvalue weighted by Gasteiger charge is -2.18. The summed E-state index contributed by atoms with van der Waals surface area (Å²) in [6.45, 7) is 3.63. The molecule has 6 aromatic rings. The van der Waals surface area contributed by atoms with Crippen LogP contribution in [0.3, 0.4) is 0 Å². The monoisotopic (exact) mass is 527 g/mol. The molecule has 9 nitrogen and oxygen atoms in total. The summed E-state index contributed by atoms with van der Waals surface area (Å²) >= 11 is 0. The van der Waals surface area contributed by atoms with Gasteiger partial charge in [-0.3, -0.25) is 18.7 Å². The SMILES string of the molecule is Cc1nn2ccccc2c1C(=O)N[C@@H](C)c1nc2cccc(C#Cc3cnn(C)c3)n2c(=O)c1-c1ccccc1. The summed E-state index contributed by atoms with van der Waals surface area (Å²) in [5.74, 6) is 5.89. The Bertz CT molecular complexity index is 2020. The zero-order chi connectivity index (χ0) is 27.8. The van der Waals surface area contributed by atoms with Crippen LogP contribution in [0.25, 0.3) is 22.3 Å². The van der Waals surface area contributed by atoms with Crippen molar-refractivity contribution >= 4 is 17.1 Å². The summed E-state index contributed by atoms with van der Waals surface area (Å²) in [6.07, 6.45) is 5.28. The summed E-state index contributed by atoms with van der Waals surface area (Å²) in [5.41, 5.74) is 4.78. The van der Waals surface area contributed by atoms with E-state index in [1.165, 1.54) is 4.40 Å². The molecule has 0 bridgehead atoms. The van der Waals surface area contributed by atoms with E-state index >= 15 is 0 Å². The highest BCUT2D eigenvalue weighted by atomic mass is 16.2. The molecular formula is C31H25N7O2. The number of rotatable bonds is 4. The molecule has 1 atom stereocenters. The van der Waals surface area contributed by atoms with Crippen LogP contribution in [0.4, 0.5) is 0 Å². The van der Waals surface area contributed by atoms with E-state index in [1.807, 2.05) is 74.8 Å². The van der Waals surface area contributed by atoms with Crippen molar-refractivity contribution in [3.8, 4) is 23.0 Å². The number of nitrogens with zero attached hydrogens (tertiary/aromatic N) is 6. The molecular weight excluding hydrogens is 502 g/mol. The van der Waals surface area contributed by atoms with Crippen molar-refractivity contribution in [1.29, 1.82) is 0 Å². The third-order valence-corrected chi connectivity index (χ3v) is 6.68. The molecule has 5 heterocycles. The first-order valence-electron chi connectivity index (χ1n) is 12.8. The maximum atomic E-state index is 14.1. The molecule has 40 heavy (non-hydrogen) atoms. The molecule has 1 aromatic carbocycles. The number of carbonyl (C=O) groups is 1. The number of aromatic nitrogens is 6. The van der Waals surface area contributed by atoms with Gasteiger partial charge in [0.05, 0.1) is 45.8 Å². The van der Waals surface area contributed by atoms with Crippen molar-refractivity contribution < 1.29 is 4.79 Å². The maximum absolute atomic E-state index is 14.1. The fourth-order valence-electron chi connectivity index (χ4n) is 4.84. The Labute approximate surface area is 229 Å². The Hall–Kier alpha value is -5.49. The van der Waals surface area contributed by atoms with Gasteiger partial charge in [0.1, 0.15) is 11.3 Å². The third-order valence-electron chi connectivity index (χ3n) is 6.68. The summed E-state index contributed by atoms with van der Waals surface area (Å²) in [4.78, 5) is 32.5. The highest BCUT2D eigenvalue weighted by Crippen LogP contribution is 2.26. The lowest BCUT2D eigenvalue weighted by Crippen LogP contribution is -2.31. The fourth-order valence-corrected chi connectivity index (χ4v) is 4.84. The van der Waals surface area contributed by atoms with Crippen molar-refractivity contribution in [2.75, 3.05) is 0 Å². The quantitative estimate of drug-likeness (QED) is 0.350. The van der Waals surface area contributed by atoms with Gasteiger partial charge in [-0.2, -0.15) is 10.2 Å². The average molecular weight is 528 g/mol. The predicted octanol–water partition coefficient (Wildman–Crippen LogP) is 3.94. The first-order valence-corrected chi connectivity index (χ1v) is 12.8. The molecule has 6 rings (SSSR count). The highest BCUT2D eigenvalue weighted by molar-refractivity contribution is 6.02. The second-order valence-electron chi connectivity index (χ2n) is 9.49. The number of hydrogen-bond donors (Lipinski definition) is 1. The molecule has 196 valence electrons. The zero-order valence-electron chi connectivity index (χ0n) is 22.2. The Balaban J connectivity index is 1.48. The Morgan fingerprint density at radius 3 is 2.58 bits per heavy atom. The summed E-state index contributed by atoms with van der Waals surface area (Å²) in [7, 11) is 1.82. The molecule has 1 N–H and O–H groups in total. The molecule has 0 saturated heterocycles. The van der Waals surface area contributed by atoms with Gasteiger partial charge in [0.25, 0.3) is 11.5 Å². The number of amides is 1. The standard InChI is InChI=1S/C31H25N7O2/c1-20-27(25-13-7-8-17-37(25)35-20)30(39)33-21(2)29-28(23-10-5-4-6-11-23)31(40)38-24(12-9-14-26(38)34-29)16-15-22-18-32-36(3)19-22/h4-14,17-19,21H,1-3H3,(H,33,39)/t21-/m0/s1. The molecule has 0 aliphatic heterocycles. The molecule has 0 saturated carbocycles. The zero-order valence-corrected chi connectivity index (χ0v) is 22.2. The number of benzene rings is 1. The molecule has 0 aliphatic rings. The predicted molar refractivity (Wildman–Crippen MR) is 152 cm³/mol. The van der Waals surface area contributed by atoms with E-state index in [-0.39, 0.29) is 11.5 Å². The minimum atomic E-state index is -0.580. The van der Waals surface area contributed by atoms with Gasteiger partial charge < -0.3 is 5.32 Å². The van der Waals surface area contributed by atoms with E-state index in [0.717, 1.165) is 5.56 Å². The molecule has 0 unspecified atom stereocenters. The van der Waals surface area contributed by atoms with E-state index in [2.05, 4.69) is 27.4 Å². The summed E-state index contributed by atoms with van der Waals surface area (Å²) < 4.78 is 4.86. The number of carbonyl (C=O) groups excluding carboxylic acids is 1. The molecule has 9 heteroatoms. The lowest BCUT2D eigenvalue weighted by atomic mass is 10.0. The highest BCUT2D eigenvalue weighted by Gasteiger charge is 2.24. The average Bonchev–Trinajstić information content (AvgIpc) is 3.53. The maximum Gasteiger partial charge on any atom is 0.267 e. The van der Waals surface area contributed by atoms with Crippen LogP contribution in [0.1, 0.15) is 46.0 Å². The minimum absolute atomic E-state index is 0.268. The number of aryl methyl sites for hydroxylation is 2. The second-order valence-corrected chi connectivity index (χ2v) is 9.49. The Morgan fingerprint density at radius 2 is 1.80 bits per heavy atom. The van der Waals surface area contributed by atoms with Crippen LogP contribution in [0.5, 0.6) is 0 Å². The van der Waals surface area contributed by atoms with Gasteiger partial charge in [0.2, 0.25) is 0 Å². The van der Waals surface area contributed by atoms with E-state index < -0.39 is 6.04 Å². The molecule has 0 spiro atoms. The number of nitrogens with one attached hydrogen (secondary N) is 1. The molecule has 0 aliphatic carbocycles. The third kappa shape index (κ3) is 4.41. The van der Waals surface area contributed by atoms with Gasteiger partial charge in [0.15, 0.2) is 0 Å². The van der Waals surface area contributed by atoms with Gasteiger partial charge in [-0.25, -0.2) is 9.50 Å². The van der Waals surface area contributed by atoms with Crippen LogP contribution < -0.4 is 10.9 Å². The van der Waals surface area contributed by atoms with Crippen LogP contribution in [0, 0.1) is 18.8 Å². The van der Waals surface area contributed by atoms with Crippen molar-refractivity contribution in [2.45, 2.75) is 19.9 Å². The number of pyridine rings is 2. The topological polar surface area (TPSA) is 98.6 Å². The van der Waals surface area contributed by atoms with E-state index in [1.54, 1.807) is 40.6 Å². The summed E-state index contributed by atoms with van der Waals surface area (Å²) in [6, 6.07) is 19.7. The van der Waals surface area contributed by atoms with E-state index in [0.29, 0.717) is 44.9 Å². The smallest absolute Gasteiger partial charge is 0.267 e. The van der Waals surface area contributed by atoms with Crippen LogP contribution in [0.2, 0.25) is 0 Å². The van der Waals surface area contributed by atoms with Crippen molar-refractivity contribution in [3.05, 3.63) is 124 Å². The normalized spacial score (nSPS) is 11.8. The molecule has 5 aromatic heterocycles. The van der Waals surface area contributed by atoms with Gasteiger partial charge in [-0.15, -0.1) is 0 Å².